The first kappa shape index (κ1) is 12.4. The number of quaternary nitrogens is 2. The first-order chi connectivity index (χ1) is 10.4. The van der Waals surface area contributed by atoms with Gasteiger partial charge in [-0.05, 0) is 13.0 Å². The fourth-order valence-corrected chi connectivity index (χ4v) is 4.28. The molecule has 0 radical (unpaired) electrons. The van der Waals surface area contributed by atoms with E-state index in [4.69, 9.17) is 8.83 Å². The fraction of sp³-hybridized carbons (Fsp3) is 0.353. The lowest BCUT2D eigenvalue weighted by molar-refractivity contribution is -0.941. The van der Waals surface area contributed by atoms with Crippen molar-refractivity contribution in [2.75, 3.05) is 13.7 Å². The summed E-state index contributed by atoms with van der Waals surface area (Å²) < 4.78 is 13.5. The SMILES string of the molecule is Cc1nc2c(o1)oc1c([N+]34C=C[N+](C)(C3)[C@@H]4C)c(C)ccc12. The average Bonchev–Trinajstić information content (AvgIpc) is 3.15. The van der Waals surface area contributed by atoms with Gasteiger partial charge in [-0.25, -0.2) is 4.98 Å². The number of benzene rings is 1. The van der Waals surface area contributed by atoms with Crippen LogP contribution in [0.5, 0.6) is 0 Å². The fourth-order valence-electron chi connectivity index (χ4n) is 4.28. The first-order valence-electron chi connectivity index (χ1n) is 7.67. The number of aryl methyl sites for hydroxylation is 2. The van der Waals surface area contributed by atoms with Gasteiger partial charge in [0.1, 0.15) is 0 Å². The van der Waals surface area contributed by atoms with Crippen LogP contribution in [0, 0.1) is 13.8 Å². The van der Waals surface area contributed by atoms with E-state index in [0.717, 1.165) is 32.1 Å². The molecule has 6 rings (SSSR count). The van der Waals surface area contributed by atoms with Crippen molar-refractivity contribution in [2.24, 2.45) is 0 Å². The quantitative estimate of drug-likeness (QED) is 0.642. The van der Waals surface area contributed by atoms with Crippen LogP contribution in [0.4, 0.5) is 5.69 Å². The van der Waals surface area contributed by atoms with Crippen molar-refractivity contribution in [3.05, 3.63) is 36.0 Å². The molecule has 2 unspecified atom stereocenters. The van der Waals surface area contributed by atoms with Gasteiger partial charge in [-0.15, -0.1) is 0 Å². The Balaban J connectivity index is 1.86. The monoisotopic (exact) mass is 297 g/mol. The van der Waals surface area contributed by atoms with Crippen molar-refractivity contribution in [2.45, 2.75) is 26.9 Å². The van der Waals surface area contributed by atoms with Crippen molar-refractivity contribution in [3.8, 4) is 0 Å². The Morgan fingerprint density at radius 1 is 1.18 bits per heavy atom. The third-order valence-corrected chi connectivity index (χ3v) is 5.63. The summed E-state index contributed by atoms with van der Waals surface area (Å²) >= 11 is 0. The predicted molar refractivity (Wildman–Crippen MR) is 84.7 cm³/mol. The highest BCUT2D eigenvalue weighted by Gasteiger charge is 2.67. The van der Waals surface area contributed by atoms with Gasteiger partial charge in [-0.2, -0.15) is 8.97 Å². The van der Waals surface area contributed by atoms with Gasteiger partial charge >= 0.3 is 5.78 Å². The molecule has 1 aromatic carbocycles. The molecule has 0 saturated carbocycles. The molecule has 2 aromatic heterocycles. The molecule has 112 valence electrons. The number of furan rings is 1. The molecule has 3 atom stereocenters. The van der Waals surface area contributed by atoms with E-state index in [1.54, 1.807) is 0 Å². The zero-order valence-corrected chi connectivity index (χ0v) is 13.3. The van der Waals surface area contributed by atoms with E-state index in [9.17, 15) is 0 Å². The molecule has 3 aliphatic rings. The summed E-state index contributed by atoms with van der Waals surface area (Å²) in [6.07, 6.45) is 5.10. The molecule has 5 heteroatoms. The van der Waals surface area contributed by atoms with Crippen molar-refractivity contribution < 1.29 is 13.3 Å². The summed E-state index contributed by atoms with van der Waals surface area (Å²) in [5.41, 5.74) is 4.26. The minimum Gasteiger partial charge on any atom is -0.417 e. The van der Waals surface area contributed by atoms with Gasteiger partial charge in [-0.1, -0.05) is 6.07 Å². The third kappa shape index (κ3) is 1.18. The predicted octanol–water partition coefficient (Wildman–Crippen LogP) is 3.75. The van der Waals surface area contributed by atoms with E-state index in [1.807, 2.05) is 6.92 Å². The third-order valence-electron chi connectivity index (χ3n) is 5.63. The second-order valence-corrected chi connectivity index (χ2v) is 6.93. The minimum atomic E-state index is 0.482. The van der Waals surface area contributed by atoms with E-state index in [0.29, 0.717) is 17.8 Å². The Hall–Kier alpha value is -2.11. The summed E-state index contributed by atoms with van der Waals surface area (Å²) in [5.74, 6) is 1.18. The Labute approximate surface area is 128 Å². The van der Waals surface area contributed by atoms with Crippen molar-refractivity contribution in [1.29, 1.82) is 0 Å². The zero-order chi connectivity index (χ0) is 15.3. The van der Waals surface area contributed by atoms with E-state index in [1.165, 1.54) is 11.3 Å². The van der Waals surface area contributed by atoms with Gasteiger partial charge in [0, 0.05) is 19.4 Å². The van der Waals surface area contributed by atoms with Crippen LogP contribution in [0.2, 0.25) is 0 Å². The summed E-state index contributed by atoms with van der Waals surface area (Å²) in [6.45, 7) is 7.36. The standard InChI is InChI=1S/C17H19N3O2/c1-10-5-6-13-14-17(21-11(2)18-14)22-16(13)15(10)20-8-7-19(4,9-20)12(20)3/h5-8,12H,9H2,1-4H3/q+2/t12-,19?,20?/m0/s1. The van der Waals surface area contributed by atoms with E-state index in [2.05, 4.69) is 50.4 Å². The highest BCUT2D eigenvalue weighted by molar-refractivity contribution is 6.06. The maximum absolute atomic E-state index is 6.08. The lowest BCUT2D eigenvalue weighted by Gasteiger charge is -2.50. The maximum atomic E-state index is 6.08. The number of aromatic nitrogens is 1. The topological polar surface area (TPSA) is 39.2 Å². The van der Waals surface area contributed by atoms with Crippen LogP contribution in [0.3, 0.4) is 0 Å². The summed E-state index contributed by atoms with van der Waals surface area (Å²) in [7, 11) is 2.28. The Morgan fingerprint density at radius 3 is 2.68 bits per heavy atom. The van der Waals surface area contributed by atoms with Crippen LogP contribution in [0.1, 0.15) is 18.4 Å². The molecule has 22 heavy (non-hydrogen) atoms. The molecule has 0 spiro atoms. The largest absolute Gasteiger partial charge is 0.417 e. The second kappa shape index (κ2) is 3.45. The molecule has 0 aliphatic carbocycles. The molecular weight excluding hydrogens is 278 g/mol. The lowest BCUT2D eigenvalue weighted by Crippen LogP contribution is -2.76. The number of fused-ring (bicyclic) bond motifs is 3. The van der Waals surface area contributed by atoms with Gasteiger partial charge in [-0.3, -0.25) is 0 Å². The van der Waals surface area contributed by atoms with Crippen molar-refractivity contribution >= 4 is 28.0 Å². The van der Waals surface area contributed by atoms with E-state index >= 15 is 0 Å². The number of nitrogens with zero attached hydrogens (tertiary/aromatic N) is 3. The molecule has 0 amide bonds. The molecule has 3 aliphatic heterocycles. The Bertz CT molecular complexity index is 983. The summed E-state index contributed by atoms with van der Waals surface area (Å²) in [6, 6.07) is 4.27. The molecule has 1 fully saturated rings. The van der Waals surface area contributed by atoms with E-state index < -0.39 is 0 Å². The number of hydrogen-bond donors (Lipinski definition) is 0. The molecule has 2 bridgehead atoms. The molecule has 5 heterocycles. The van der Waals surface area contributed by atoms with Gasteiger partial charge < -0.3 is 8.83 Å². The number of rotatable bonds is 1. The Morgan fingerprint density at radius 2 is 2.00 bits per heavy atom. The number of oxazole rings is 1. The molecule has 1 saturated heterocycles. The lowest BCUT2D eigenvalue weighted by atomic mass is 10.1. The molecule has 3 aromatic rings. The highest BCUT2D eigenvalue weighted by Crippen LogP contribution is 2.51. The minimum absolute atomic E-state index is 0.482. The van der Waals surface area contributed by atoms with E-state index in [-0.39, 0.29) is 0 Å². The Kier molecular flexibility index (Phi) is 1.95. The summed E-state index contributed by atoms with van der Waals surface area (Å²) in [4.78, 5) is 4.48. The zero-order valence-electron chi connectivity index (χ0n) is 13.3. The van der Waals surface area contributed by atoms with Crippen LogP contribution >= 0.6 is 0 Å². The van der Waals surface area contributed by atoms with Crippen LogP contribution < -0.4 is 4.48 Å². The van der Waals surface area contributed by atoms with Gasteiger partial charge in [0.25, 0.3) is 0 Å². The summed E-state index contributed by atoms with van der Waals surface area (Å²) in [5, 5.41) is 1.05. The average molecular weight is 297 g/mol. The molecular formula is C17H19N3O2+2. The molecule has 5 nitrogen and oxygen atoms in total. The normalized spacial score (nSPS) is 33.0. The highest BCUT2D eigenvalue weighted by atomic mass is 16.5. The van der Waals surface area contributed by atoms with Gasteiger partial charge in [0.05, 0.1) is 12.4 Å². The van der Waals surface area contributed by atoms with Crippen LogP contribution in [0.25, 0.3) is 22.3 Å². The maximum Gasteiger partial charge on any atom is 0.319 e. The number of hydrogen-bond acceptors (Lipinski definition) is 3. The second-order valence-electron chi connectivity index (χ2n) is 6.93. The van der Waals surface area contributed by atoms with Crippen LogP contribution in [-0.2, 0) is 0 Å². The smallest absolute Gasteiger partial charge is 0.319 e. The van der Waals surface area contributed by atoms with Gasteiger partial charge in [0.15, 0.2) is 29.5 Å². The first-order valence-corrected chi connectivity index (χ1v) is 7.67. The van der Waals surface area contributed by atoms with Gasteiger partial charge in [0.2, 0.25) is 18.4 Å². The van der Waals surface area contributed by atoms with Crippen LogP contribution in [-0.4, -0.2) is 29.3 Å². The van der Waals surface area contributed by atoms with Crippen molar-refractivity contribution in [1.82, 2.24) is 9.47 Å². The molecule has 0 N–H and O–H groups in total. The van der Waals surface area contributed by atoms with Crippen LogP contribution in [0.15, 0.2) is 33.4 Å². The van der Waals surface area contributed by atoms with Crippen molar-refractivity contribution in [3.63, 3.8) is 0 Å².